The van der Waals surface area contributed by atoms with Gasteiger partial charge in [-0.25, -0.2) is 13.9 Å². The van der Waals surface area contributed by atoms with Crippen molar-refractivity contribution < 1.29 is 13.9 Å². The number of nitrogens with one attached hydrogen (secondary N) is 1. The highest BCUT2D eigenvalue weighted by Crippen LogP contribution is 2.37. The third-order valence-electron chi connectivity index (χ3n) is 7.51. The second-order valence-electron chi connectivity index (χ2n) is 11.6. The first-order valence-corrected chi connectivity index (χ1v) is 14.1. The van der Waals surface area contributed by atoms with Crippen molar-refractivity contribution in [2.24, 2.45) is 0 Å². The summed E-state index contributed by atoms with van der Waals surface area (Å²) in [4.78, 5) is 18.7. The maximum absolute atomic E-state index is 13.8. The molecule has 2 aromatic heterocycles. The fourth-order valence-electron chi connectivity index (χ4n) is 5.51. The maximum Gasteiger partial charge on any atom is 0.410 e. The molecule has 7 nitrogen and oxygen atoms in total. The van der Waals surface area contributed by atoms with E-state index in [-0.39, 0.29) is 18.0 Å². The van der Waals surface area contributed by atoms with Crippen LogP contribution >= 0.6 is 0 Å². The number of carbonyl (C=O) groups excluding carboxylic acids is 1. The summed E-state index contributed by atoms with van der Waals surface area (Å²) in [7, 11) is 0. The summed E-state index contributed by atoms with van der Waals surface area (Å²) < 4.78 is 21.3. The molecule has 1 saturated heterocycles. The van der Waals surface area contributed by atoms with E-state index in [1.54, 1.807) is 23.2 Å². The van der Waals surface area contributed by atoms with Crippen molar-refractivity contribution in [2.75, 3.05) is 13.1 Å². The van der Waals surface area contributed by atoms with Gasteiger partial charge in [-0.15, -0.1) is 0 Å². The lowest BCUT2D eigenvalue weighted by Crippen LogP contribution is -2.46. The minimum atomic E-state index is -0.505. The largest absolute Gasteiger partial charge is 0.444 e. The fraction of sp³-hybridized carbons (Fsp3) is 0.303. The Balaban J connectivity index is 1.35. The number of piperidine rings is 1. The van der Waals surface area contributed by atoms with Crippen molar-refractivity contribution in [1.29, 1.82) is 0 Å². The Kier molecular flexibility index (Phi) is 7.17. The number of halogens is 1. The van der Waals surface area contributed by atoms with Crippen LogP contribution in [0.15, 0.2) is 79.1 Å². The van der Waals surface area contributed by atoms with E-state index in [0.717, 1.165) is 57.0 Å². The van der Waals surface area contributed by atoms with Gasteiger partial charge in [-0.05, 0) is 81.1 Å². The van der Waals surface area contributed by atoms with Crippen molar-refractivity contribution in [1.82, 2.24) is 25.0 Å². The number of benzene rings is 3. The number of nitrogens with zero attached hydrogens (tertiary/aromatic N) is 4. The third-order valence-corrected chi connectivity index (χ3v) is 7.51. The number of hydrogen-bond donors (Lipinski definition) is 1. The van der Waals surface area contributed by atoms with Gasteiger partial charge in [0.15, 0.2) is 0 Å². The second kappa shape index (κ2) is 10.9. The lowest BCUT2D eigenvalue weighted by atomic mass is 9.96. The summed E-state index contributed by atoms with van der Waals surface area (Å²) in [6, 6.07) is 21.2. The van der Waals surface area contributed by atoms with Gasteiger partial charge in [0.1, 0.15) is 11.4 Å². The van der Waals surface area contributed by atoms with E-state index in [1.807, 2.05) is 55.9 Å². The molecule has 1 N–H and O–H groups in total. The lowest BCUT2D eigenvalue weighted by molar-refractivity contribution is 0.0198. The van der Waals surface area contributed by atoms with E-state index >= 15 is 0 Å². The first-order valence-electron chi connectivity index (χ1n) is 14.1. The highest BCUT2D eigenvalue weighted by molar-refractivity contribution is 6.13. The lowest BCUT2D eigenvalue weighted by Gasteiger charge is -2.33. The highest BCUT2D eigenvalue weighted by Gasteiger charge is 2.27. The van der Waals surface area contributed by atoms with Crippen LogP contribution in [-0.2, 0) is 11.3 Å². The molecule has 1 fully saturated rings. The van der Waals surface area contributed by atoms with Crippen LogP contribution in [0.1, 0.15) is 39.3 Å². The summed E-state index contributed by atoms with van der Waals surface area (Å²) in [5, 5.41) is 11.9. The molecule has 1 amide bonds. The zero-order valence-corrected chi connectivity index (χ0v) is 23.6. The topological polar surface area (TPSA) is 72.3 Å². The molecule has 1 aliphatic rings. The quantitative estimate of drug-likeness (QED) is 0.258. The molecule has 8 heteroatoms. The number of aromatic nitrogens is 3. The Morgan fingerprint density at radius 1 is 1.00 bits per heavy atom. The van der Waals surface area contributed by atoms with E-state index in [1.165, 1.54) is 12.1 Å². The summed E-state index contributed by atoms with van der Waals surface area (Å²) in [5.41, 5.74) is 4.36. The average Bonchev–Trinajstić information content (AvgIpc) is 3.34. The molecular formula is C33H34FN5O2. The van der Waals surface area contributed by atoms with E-state index in [9.17, 15) is 9.18 Å². The zero-order chi connectivity index (χ0) is 28.6. The molecule has 0 spiro atoms. The summed E-state index contributed by atoms with van der Waals surface area (Å²) in [5.74, 6) is -0.287. The maximum atomic E-state index is 13.8. The molecule has 6 rings (SSSR count). The van der Waals surface area contributed by atoms with Crippen LogP contribution in [0.3, 0.4) is 0 Å². The Morgan fingerprint density at radius 3 is 2.44 bits per heavy atom. The van der Waals surface area contributed by atoms with Crippen molar-refractivity contribution >= 4 is 27.8 Å². The van der Waals surface area contributed by atoms with Gasteiger partial charge in [0.25, 0.3) is 0 Å². The molecule has 1 aliphatic heterocycles. The number of carbonyl (C=O) groups is 1. The standard InChI is InChI=1S/C33H34FN5O2/c1-33(2,3)41-32(40)38-17-14-24(15-18-38)36-21-30-28-19-27(22-7-5-4-6-8-22)29-20-35-16-13-26(29)31(28)39(37-30)25-11-9-23(34)10-12-25/h4-13,16,19-20,24,36H,14-15,17-18,21H2,1-3H3. The van der Waals surface area contributed by atoms with Crippen LogP contribution < -0.4 is 5.32 Å². The molecule has 41 heavy (non-hydrogen) atoms. The van der Waals surface area contributed by atoms with E-state index in [4.69, 9.17) is 9.84 Å². The molecule has 0 aliphatic carbocycles. The van der Waals surface area contributed by atoms with Crippen molar-refractivity contribution in [3.63, 3.8) is 0 Å². The molecule has 0 bridgehead atoms. The number of rotatable bonds is 5. The van der Waals surface area contributed by atoms with E-state index in [0.29, 0.717) is 19.6 Å². The van der Waals surface area contributed by atoms with Gasteiger partial charge in [-0.3, -0.25) is 4.98 Å². The fourth-order valence-corrected chi connectivity index (χ4v) is 5.51. The SMILES string of the molecule is CC(C)(C)OC(=O)N1CCC(NCc2nn(-c3ccc(F)cc3)c3c2cc(-c2ccccc2)c2cnccc23)CC1. The minimum absolute atomic E-state index is 0.248. The van der Waals surface area contributed by atoms with Crippen LogP contribution in [0.25, 0.3) is 38.5 Å². The Labute approximate surface area is 238 Å². The smallest absolute Gasteiger partial charge is 0.410 e. The van der Waals surface area contributed by atoms with Gasteiger partial charge in [0, 0.05) is 54.2 Å². The van der Waals surface area contributed by atoms with Gasteiger partial charge in [0.05, 0.1) is 16.9 Å². The molecule has 0 atom stereocenters. The molecule has 0 unspecified atom stereocenters. The number of hydrogen-bond acceptors (Lipinski definition) is 5. The van der Waals surface area contributed by atoms with Crippen molar-refractivity contribution in [2.45, 2.75) is 51.8 Å². The van der Waals surface area contributed by atoms with Gasteiger partial charge < -0.3 is 15.0 Å². The molecule has 0 saturated carbocycles. The predicted molar refractivity (Wildman–Crippen MR) is 159 cm³/mol. The van der Waals surface area contributed by atoms with E-state index < -0.39 is 5.60 Å². The second-order valence-corrected chi connectivity index (χ2v) is 11.6. The molecular weight excluding hydrogens is 517 g/mol. The van der Waals surface area contributed by atoms with Crippen LogP contribution in [0.5, 0.6) is 0 Å². The number of likely N-dealkylation sites (tertiary alicyclic amines) is 1. The first-order chi connectivity index (χ1) is 19.8. The number of ether oxygens (including phenoxy) is 1. The van der Waals surface area contributed by atoms with Gasteiger partial charge >= 0.3 is 6.09 Å². The van der Waals surface area contributed by atoms with Crippen LogP contribution in [0.4, 0.5) is 9.18 Å². The average molecular weight is 552 g/mol. The molecule has 3 heterocycles. The normalized spacial score (nSPS) is 14.6. The molecule has 3 aromatic carbocycles. The Morgan fingerprint density at radius 2 is 1.73 bits per heavy atom. The monoisotopic (exact) mass is 551 g/mol. The van der Waals surface area contributed by atoms with Gasteiger partial charge in [-0.1, -0.05) is 30.3 Å². The predicted octanol–water partition coefficient (Wildman–Crippen LogP) is 6.87. The van der Waals surface area contributed by atoms with Crippen LogP contribution in [0, 0.1) is 5.82 Å². The number of pyridine rings is 1. The van der Waals surface area contributed by atoms with Gasteiger partial charge in [-0.2, -0.15) is 5.10 Å². The molecule has 5 aromatic rings. The summed E-state index contributed by atoms with van der Waals surface area (Å²) in [6.45, 7) is 7.51. The number of fused-ring (bicyclic) bond motifs is 3. The molecule has 0 radical (unpaired) electrons. The van der Waals surface area contributed by atoms with Crippen molar-refractivity contribution in [3.05, 3.63) is 90.6 Å². The highest BCUT2D eigenvalue weighted by atomic mass is 19.1. The molecule has 210 valence electrons. The Bertz CT molecular complexity index is 1680. The third kappa shape index (κ3) is 5.65. The van der Waals surface area contributed by atoms with Crippen LogP contribution in [0.2, 0.25) is 0 Å². The zero-order valence-electron chi connectivity index (χ0n) is 23.6. The number of amides is 1. The first kappa shape index (κ1) is 26.9. The Hall–Kier alpha value is -4.30. The summed E-state index contributed by atoms with van der Waals surface area (Å²) >= 11 is 0. The minimum Gasteiger partial charge on any atom is -0.444 e. The van der Waals surface area contributed by atoms with Crippen LogP contribution in [-0.4, -0.2) is 50.5 Å². The van der Waals surface area contributed by atoms with Gasteiger partial charge in [0.2, 0.25) is 0 Å². The van der Waals surface area contributed by atoms with Crippen molar-refractivity contribution in [3.8, 4) is 16.8 Å². The summed E-state index contributed by atoms with van der Waals surface area (Å²) in [6.07, 6.45) is 5.11. The van der Waals surface area contributed by atoms with E-state index in [2.05, 4.69) is 28.5 Å².